The van der Waals surface area contributed by atoms with Crippen molar-refractivity contribution in [2.75, 3.05) is 16.8 Å². The maximum absolute atomic E-state index is 9.99. The minimum atomic E-state index is -1.37. The molecule has 4 nitrogen and oxygen atoms in total. The maximum Gasteiger partial charge on any atom is 0.189 e. The Hall–Kier alpha value is -2.04. The number of para-hydroxylation sites is 1. The molecule has 0 aromatic heterocycles. The van der Waals surface area contributed by atoms with Crippen LogP contribution in [0.2, 0.25) is 0 Å². The van der Waals surface area contributed by atoms with Crippen LogP contribution in [0.5, 0.6) is 0 Å². The molecular formula is C16H21N3O. The van der Waals surface area contributed by atoms with Crippen LogP contribution in [0.25, 0.3) is 0 Å². The lowest BCUT2D eigenvalue weighted by Crippen LogP contribution is -2.54. The highest BCUT2D eigenvalue weighted by Gasteiger charge is 2.22. The topological polar surface area (TPSA) is 61.5 Å². The number of aliphatic hydroxyl groups is 1. The van der Waals surface area contributed by atoms with E-state index in [1.54, 1.807) is 11.8 Å². The van der Waals surface area contributed by atoms with Crippen molar-refractivity contribution < 1.29 is 5.11 Å². The van der Waals surface area contributed by atoms with Gasteiger partial charge in [-0.15, -0.1) is 0 Å². The normalized spacial score (nSPS) is 13.6. The van der Waals surface area contributed by atoms with Gasteiger partial charge in [0.1, 0.15) is 0 Å². The van der Waals surface area contributed by atoms with Gasteiger partial charge in [0.15, 0.2) is 5.85 Å². The van der Waals surface area contributed by atoms with Gasteiger partial charge in [-0.3, -0.25) is 5.73 Å². The van der Waals surface area contributed by atoms with Crippen LogP contribution in [0.1, 0.15) is 13.8 Å². The first-order valence-electron chi connectivity index (χ1n) is 6.71. The van der Waals surface area contributed by atoms with E-state index in [9.17, 15) is 5.11 Å². The molecule has 0 radical (unpaired) electrons. The summed E-state index contributed by atoms with van der Waals surface area (Å²) in [6.45, 7) is 4.16. The fourth-order valence-corrected chi connectivity index (χ4v) is 2.20. The zero-order valence-corrected chi connectivity index (χ0v) is 11.9. The summed E-state index contributed by atoms with van der Waals surface area (Å²) in [6.07, 6.45) is 0. The molecule has 2 aromatic carbocycles. The molecule has 0 heterocycles. The predicted octanol–water partition coefficient (Wildman–Crippen LogP) is 2.88. The van der Waals surface area contributed by atoms with E-state index in [1.807, 2.05) is 61.5 Å². The molecule has 2 aromatic rings. The Bertz CT molecular complexity index is 549. The second-order valence-electron chi connectivity index (χ2n) is 4.88. The van der Waals surface area contributed by atoms with Gasteiger partial charge in [0.2, 0.25) is 0 Å². The van der Waals surface area contributed by atoms with Gasteiger partial charge in [0.25, 0.3) is 0 Å². The minimum Gasteiger partial charge on any atom is -0.359 e. The van der Waals surface area contributed by atoms with E-state index in [0.717, 1.165) is 17.1 Å². The van der Waals surface area contributed by atoms with Gasteiger partial charge in [-0.1, -0.05) is 24.3 Å². The van der Waals surface area contributed by atoms with Gasteiger partial charge in [-0.25, -0.2) is 0 Å². The van der Waals surface area contributed by atoms with Crippen LogP contribution in [-0.4, -0.2) is 17.5 Å². The molecule has 0 amide bonds. The summed E-state index contributed by atoms with van der Waals surface area (Å²) < 4.78 is 0. The van der Waals surface area contributed by atoms with Crippen LogP contribution in [0.15, 0.2) is 54.6 Å². The molecule has 4 N–H and O–H groups in total. The molecule has 0 bridgehead atoms. The van der Waals surface area contributed by atoms with Crippen LogP contribution in [0.3, 0.4) is 0 Å². The largest absolute Gasteiger partial charge is 0.359 e. The molecular weight excluding hydrogens is 250 g/mol. The minimum absolute atomic E-state index is 0.623. The third-order valence-electron chi connectivity index (χ3n) is 3.08. The van der Waals surface area contributed by atoms with Crippen molar-refractivity contribution in [2.45, 2.75) is 19.7 Å². The van der Waals surface area contributed by atoms with Crippen molar-refractivity contribution in [1.82, 2.24) is 0 Å². The van der Waals surface area contributed by atoms with Crippen LogP contribution in [0.4, 0.5) is 17.1 Å². The highest BCUT2D eigenvalue weighted by Crippen LogP contribution is 2.25. The van der Waals surface area contributed by atoms with Gasteiger partial charge in [0, 0.05) is 23.6 Å². The van der Waals surface area contributed by atoms with Crippen molar-refractivity contribution in [1.29, 1.82) is 0 Å². The molecule has 0 aliphatic heterocycles. The van der Waals surface area contributed by atoms with Crippen molar-refractivity contribution >= 4 is 17.1 Å². The van der Waals surface area contributed by atoms with E-state index in [0.29, 0.717) is 6.54 Å². The van der Waals surface area contributed by atoms with Crippen molar-refractivity contribution in [2.24, 2.45) is 5.73 Å². The highest BCUT2D eigenvalue weighted by atomic mass is 16.3. The lowest BCUT2D eigenvalue weighted by atomic mass is 10.2. The molecule has 0 fully saturated rings. The summed E-state index contributed by atoms with van der Waals surface area (Å²) in [4.78, 5) is 1.74. The quantitative estimate of drug-likeness (QED) is 0.732. The fraction of sp³-hybridized carbons (Fsp3) is 0.250. The molecule has 0 aliphatic rings. The van der Waals surface area contributed by atoms with Gasteiger partial charge in [-0.2, -0.15) is 0 Å². The summed E-state index contributed by atoms with van der Waals surface area (Å²) in [5, 5.41) is 13.3. The highest BCUT2D eigenvalue weighted by molar-refractivity contribution is 5.65. The molecule has 0 saturated carbocycles. The maximum atomic E-state index is 9.99. The van der Waals surface area contributed by atoms with Gasteiger partial charge in [0.05, 0.1) is 0 Å². The third kappa shape index (κ3) is 3.50. The first-order valence-corrected chi connectivity index (χ1v) is 6.71. The second kappa shape index (κ2) is 5.94. The first-order chi connectivity index (χ1) is 9.50. The molecule has 1 atom stereocenters. The smallest absolute Gasteiger partial charge is 0.189 e. The number of hydrogen-bond donors (Lipinski definition) is 3. The van der Waals surface area contributed by atoms with E-state index in [4.69, 9.17) is 5.73 Å². The molecule has 20 heavy (non-hydrogen) atoms. The molecule has 2 rings (SSSR count). The number of benzene rings is 2. The number of rotatable bonds is 5. The Kier molecular flexibility index (Phi) is 4.27. The van der Waals surface area contributed by atoms with E-state index >= 15 is 0 Å². The number of anilines is 3. The molecule has 0 aliphatic carbocycles. The summed E-state index contributed by atoms with van der Waals surface area (Å²) in [6, 6.07) is 17.8. The van der Waals surface area contributed by atoms with Gasteiger partial charge in [-0.05, 0) is 44.2 Å². The average molecular weight is 271 g/mol. The monoisotopic (exact) mass is 271 g/mol. The number of nitrogens with two attached hydrogens (primary N) is 1. The Morgan fingerprint density at radius 1 is 1.10 bits per heavy atom. The van der Waals surface area contributed by atoms with Crippen molar-refractivity contribution in [3.63, 3.8) is 0 Å². The van der Waals surface area contributed by atoms with Crippen LogP contribution in [0, 0.1) is 0 Å². The molecule has 1 unspecified atom stereocenters. The van der Waals surface area contributed by atoms with E-state index in [2.05, 4.69) is 5.32 Å². The number of hydrogen-bond acceptors (Lipinski definition) is 4. The third-order valence-corrected chi connectivity index (χ3v) is 3.08. The second-order valence-corrected chi connectivity index (χ2v) is 4.88. The summed E-state index contributed by atoms with van der Waals surface area (Å²) >= 11 is 0. The first kappa shape index (κ1) is 14.4. The zero-order chi connectivity index (χ0) is 14.6. The Balaban J connectivity index is 2.24. The van der Waals surface area contributed by atoms with Crippen molar-refractivity contribution in [3.8, 4) is 0 Å². The summed E-state index contributed by atoms with van der Waals surface area (Å²) in [5.74, 6) is -1.37. The number of nitrogens with one attached hydrogen (secondary N) is 1. The van der Waals surface area contributed by atoms with Crippen LogP contribution in [-0.2, 0) is 0 Å². The molecule has 0 spiro atoms. The van der Waals surface area contributed by atoms with Gasteiger partial charge >= 0.3 is 0 Å². The van der Waals surface area contributed by atoms with E-state index < -0.39 is 5.85 Å². The zero-order valence-electron chi connectivity index (χ0n) is 11.9. The van der Waals surface area contributed by atoms with E-state index in [-0.39, 0.29) is 0 Å². The number of nitrogens with zero attached hydrogens (tertiary/aromatic N) is 1. The lowest BCUT2D eigenvalue weighted by Gasteiger charge is -2.34. The van der Waals surface area contributed by atoms with Crippen LogP contribution < -0.4 is 16.0 Å². The molecule has 106 valence electrons. The Morgan fingerprint density at radius 3 is 2.35 bits per heavy atom. The average Bonchev–Trinajstić information content (AvgIpc) is 2.39. The SMILES string of the molecule is CCN(c1cccc(Nc2ccccc2)c1)C(C)(N)O. The Labute approximate surface area is 119 Å². The molecule has 4 heteroatoms. The van der Waals surface area contributed by atoms with Gasteiger partial charge < -0.3 is 15.3 Å². The molecule has 0 saturated heterocycles. The lowest BCUT2D eigenvalue weighted by molar-refractivity contribution is 0.0638. The van der Waals surface area contributed by atoms with E-state index in [1.165, 1.54) is 0 Å². The Morgan fingerprint density at radius 2 is 1.75 bits per heavy atom. The van der Waals surface area contributed by atoms with Crippen LogP contribution >= 0.6 is 0 Å². The standard InChI is InChI=1S/C16H21N3O/c1-3-19(16(2,17)20)15-11-7-10-14(12-15)18-13-8-5-4-6-9-13/h4-12,18,20H,3,17H2,1-2H3. The summed E-state index contributed by atoms with van der Waals surface area (Å²) in [5.41, 5.74) is 8.64. The predicted molar refractivity (Wildman–Crippen MR) is 84.0 cm³/mol. The fourth-order valence-electron chi connectivity index (χ4n) is 2.20. The van der Waals surface area contributed by atoms with Crippen molar-refractivity contribution in [3.05, 3.63) is 54.6 Å². The summed E-state index contributed by atoms with van der Waals surface area (Å²) in [7, 11) is 0.